The van der Waals surface area contributed by atoms with Crippen LogP contribution in [0, 0.1) is 0 Å². The number of hydrogen-bond donors (Lipinski definition) is 1. The van der Waals surface area contributed by atoms with Gasteiger partial charge in [0.15, 0.2) is 0 Å². The fourth-order valence-electron chi connectivity index (χ4n) is 2.38. The number of hydrogen-bond acceptors (Lipinski definition) is 6. The van der Waals surface area contributed by atoms with E-state index in [4.69, 9.17) is 4.42 Å². The van der Waals surface area contributed by atoms with Crippen molar-refractivity contribution in [1.82, 2.24) is 10.2 Å². The molecule has 0 bridgehead atoms. The molecular formula is C20H21N3O2S2. The second-order valence-corrected chi connectivity index (χ2v) is 8.22. The Hall–Kier alpha value is -2.25. The van der Waals surface area contributed by atoms with Crippen molar-refractivity contribution in [2.75, 3.05) is 16.8 Å². The molecule has 5 nitrogen and oxygen atoms in total. The molecule has 3 aromatic rings. The van der Waals surface area contributed by atoms with E-state index in [1.165, 1.54) is 4.90 Å². The number of nitrogens with zero attached hydrogens (tertiary/aromatic N) is 2. The van der Waals surface area contributed by atoms with Crippen molar-refractivity contribution in [2.24, 2.45) is 0 Å². The Balaban J connectivity index is 1.45. The summed E-state index contributed by atoms with van der Waals surface area (Å²) in [5, 5.41) is 10.6. The average molecular weight is 400 g/mol. The van der Waals surface area contributed by atoms with E-state index in [0.29, 0.717) is 24.5 Å². The first-order valence-corrected chi connectivity index (χ1v) is 10.7. The van der Waals surface area contributed by atoms with Crippen LogP contribution in [0.3, 0.4) is 0 Å². The summed E-state index contributed by atoms with van der Waals surface area (Å²) in [5.74, 6) is 2.10. The van der Waals surface area contributed by atoms with Crippen molar-refractivity contribution in [3.8, 4) is 0 Å². The first-order valence-electron chi connectivity index (χ1n) is 8.75. The number of rotatable bonds is 9. The van der Waals surface area contributed by atoms with Gasteiger partial charge in [0, 0.05) is 22.0 Å². The lowest BCUT2D eigenvalue weighted by molar-refractivity contribution is -0.115. The highest BCUT2D eigenvalue weighted by molar-refractivity contribution is 7.99. The molecule has 140 valence electrons. The molecule has 0 atom stereocenters. The predicted molar refractivity (Wildman–Crippen MR) is 110 cm³/mol. The Bertz CT molecular complexity index is 851. The third-order valence-electron chi connectivity index (χ3n) is 3.64. The predicted octanol–water partition coefficient (Wildman–Crippen LogP) is 4.89. The Morgan fingerprint density at radius 1 is 1.00 bits per heavy atom. The van der Waals surface area contributed by atoms with Gasteiger partial charge in [-0.15, -0.1) is 28.6 Å². The number of aromatic nitrogens is 2. The number of anilines is 1. The van der Waals surface area contributed by atoms with E-state index < -0.39 is 0 Å². The maximum atomic E-state index is 12.0. The van der Waals surface area contributed by atoms with Gasteiger partial charge in [0.2, 0.25) is 11.8 Å². The van der Waals surface area contributed by atoms with Gasteiger partial charge >= 0.3 is 6.01 Å². The molecule has 1 amide bonds. The summed E-state index contributed by atoms with van der Waals surface area (Å²) in [5.41, 5.74) is 1.09. The number of nitrogens with one attached hydrogen (secondary N) is 1. The highest BCUT2D eigenvalue weighted by Gasteiger charge is 2.10. The zero-order valence-electron chi connectivity index (χ0n) is 15.1. The second kappa shape index (κ2) is 10.2. The molecule has 1 heterocycles. The smallest absolute Gasteiger partial charge is 0.322 e. The van der Waals surface area contributed by atoms with Gasteiger partial charge in [-0.3, -0.25) is 10.1 Å². The second-order valence-electron chi connectivity index (χ2n) is 5.71. The third-order valence-corrected chi connectivity index (χ3v) is 5.55. The fraction of sp³-hybridized carbons (Fsp3) is 0.250. The summed E-state index contributed by atoms with van der Waals surface area (Å²) in [6, 6.07) is 18.4. The zero-order valence-corrected chi connectivity index (χ0v) is 16.7. The van der Waals surface area contributed by atoms with Gasteiger partial charge in [-0.05, 0) is 35.6 Å². The van der Waals surface area contributed by atoms with Crippen LogP contribution >= 0.6 is 23.5 Å². The van der Waals surface area contributed by atoms with E-state index in [9.17, 15) is 4.79 Å². The molecule has 1 aromatic heterocycles. The van der Waals surface area contributed by atoms with Gasteiger partial charge < -0.3 is 4.42 Å². The molecule has 0 saturated carbocycles. The van der Waals surface area contributed by atoms with Crippen molar-refractivity contribution in [3.63, 3.8) is 0 Å². The van der Waals surface area contributed by atoms with Crippen LogP contribution in [0.25, 0.3) is 0 Å². The summed E-state index contributed by atoms with van der Waals surface area (Å²) in [6.07, 6.45) is 0.928. The van der Waals surface area contributed by atoms with E-state index in [1.54, 1.807) is 23.5 Å². The lowest BCUT2D eigenvalue weighted by Gasteiger charge is -2.02. The van der Waals surface area contributed by atoms with Crippen LogP contribution in [0.1, 0.15) is 24.8 Å². The fourth-order valence-corrected chi connectivity index (χ4v) is 3.92. The van der Waals surface area contributed by atoms with Crippen molar-refractivity contribution >= 4 is 35.4 Å². The molecule has 0 aliphatic heterocycles. The Morgan fingerprint density at radius 2 is 1.74 bits per heavy atom. The van der Waals surface area contributed by atoms with Crippen LogP contribution in [0.15, 0.2) is 68.8 Å². The number of amides is 1. The minimum absolute atomic E-state index is 0.130. The monoisotopic (exact) mass is 399 g/mol. The number of benzene rings is 2. The van der Waals surface area contributed by atoms with Crippen molar-refractivity contribution < 1.29 is 9.21 Å². The quantitative estimate of drug-likeness (QED) is 0.517. The van der Waals surface area contributed by atoms with Crippen molar-refractivity contribution in [2.45, 2.75) is 29.6 Å². The number of carbonyl (C=O) groups excluding carboxylic acids is 1. The van der Waals surface area contributed by atoms with Crippen LogP contribution in [0.4, 0.5) is 6.01 Å². The molecule has 0 aliphatic rings. The molecule has 0 aliphatic carbocycles. The summed E-state index contributed by atoms with van der Waals surface area (Å²) in [4.78, 5) is 14.4. The minimum Gasteiger partial charge on any atom is -0.407 e. The van der Waals surface area contributed by atoms with Gasteiger partial charge in [0.25, 0.3) is 0 Å². The summed E-state index contributed by atoms with van der Waals surface area (Å²) in [7, 11) is 0. The number of thioether (sulfide) groups is 2. The van der Waals surface area contributed by atoms with Gasteiger partial charge in [-0.25, -0.2) is 0 Å². The maximum Gasteiger partial charge on any atom is 0.322 e. The lowest BCUT2D eigenvalue weighted by Crippen LogP contribution is -2.12. The summed E-state index contributed by atoms with van der Waals surface area (Å²) >= 11 is 3.45. The largest absolute Gasteiger partial charge is 0.407 e. The molecule has 27 heavy (non-hydrogen) atoms. The molecule has 0 radical (unpaired) electrons. The first kappa shape index (κ1) is 19.5. The van der Waals surface area contributed by atoms with E-state index in [0.717, 1.165) is 16.2 Å². The van der Waals surface area contributed by atoms with E-state index in [1.807, 2.05) is 30.3 Å². The molecular weight excluding hydrogens is 378 g/mol. The average Bonchev–Trinajstić information content (AvgIpc) is 3.11. The van der Waals surface area contributed by atoms with Crippen LogP contribution in [-0.2, 0) is 11.2 Å². The molecule has 0 fully saturated rings. The minimum atomic E-state index is -0.130. The van der Waals surface area contributed by atoms with Gasteiger partial charge in [-0.2, -0.15) is 0 Å². The van der Waals surface area contributed by atoms with Crippen molar-refractivity contribution in [3.05, 3.63) is 66.1 Å². The zero-order chi connectivity index (χ0) is 18.9. The standard InChI is InChI=1S/C20H21N3O2S2/c1-2-26-17-10-8-15(9-11-17)14-19-22-23-20(25-19)21-18(24)12-13-27-16-6-4-3-5-7-16/h3-11H,2,12-14H2,1H3,(H,21,23,24). The third kappa shape index (κ3) is 6.45. The normalized spacial score (nSPS) is 10.7. The molecule has 3 rings (SSSR count). The molecule has 0 unspecified atom stereocenters. The molecule has 0 spiro atoms. The first-order chi connectivity index (χ1) is 13.2. The highest BCUT2D eigenvalue weighted by Crippen LogP contribution is 2.20. The Labute approximate surface area is 167 Å². The molecule has 2 aromatic carbocycles. The lowest BCUT2D eigenvalue weighted by atomic mass is 10.1. The Morgan fingerprint density at radius 3 is 2.48 bits per heavy atom. The van der Waals surface area contributed by atoms with Crippen LogP contribution in [-0.4, -0.2) is 27.6 Å². The highest BCUT2D eigenvalue weighted by atomic mass is 32.2. The molecule has 7 heteroatoms. The Kier molecular flexibility index (Phi) is 7.36. The van der Waals surface area contributed by atoms with E-state index >= 15 is 0 Å². The number of carbonyl (C=O) groups is 1. The van der Waals surface area contributed by atoms with E-state index in [-0.39, 0.29) is 11.9 Å². The van der Waals surface area contributed by atoms with Gasteiger partial charge in [0.05, 0.1) is 6.42 Å². The molecule has 1 N–H and O–H groups in total. The van der Waals surface area contributed by atoms with Crippen LogP contribution in [0.2, 0.25) is 0 Å². The molecule has 0 saturated heterocycles. The van der Waals surface area contributed by atoms with Crippen molar-refractivity contribution in [1.29, 1.82) is 0 Å². The van der Waals surface area contributed by atoms with E-state index in [2.05, 4.69) is 46.7 Å². The van der Waals surface area contributed by atoms with Crippen LogP contribution in [0.5, 0.6) is 0 Å². The SMILES string of the molecule is CCSc1ccc(Cc2nnc(NC(=O)CCSc3ccccc3)o2)cc1. The topological polar surface area (TPSA) is 68.0 Å². The van der Waals surface area contributed by atoms with Gasteiger partial charge in [0.1, 0.15) is 0 Å². The summed E-state index contributed by atoms with van der Waals surface area (Å²) in [6.45, 7) is 2.13. The van der Waals surface area contributed by atoms with Gasteiger partial charge in [-0.1, -0.05) is 42.4 Å². The maximum absolute atomic E-state index is 12.0. The van der Waals surface area contributed by atoms with Crippen LogP contribution < -0.4 is 5.32 Å². The summed E-state index contributed by atoms with van der Waals surface area (Å²) < 4.78 is 5.53.